The van der Waals surface area contributed by atoms with Gasteiger partial charge < -0.3 is 5.32 Å². The number of halogens is 2. The molecule has 0 spiro atoms. The second-order valence-electron chi connectivity index (χ2n) is 4.98. The van der Waals surface area contributed by atoms with Crippen LogP contribution in [-0.2, 0) is 0 Å². The maximum absolute atomic E-state index is 14.0. The molecule has 0 aromatic heterocycles. The molecule has 0 aliphatic rings. The van der Waals surface area contributed by atoms with Crippen molar-refractivity contribution < 1.29 is 8.78 Å². The molecule has 0 radical (unpaired) electrons. The minimum atomic E-state index is -0.333. The average molecular weight is 275 g/mol. The predicted octanol–water partition coefficient (Wildman–Crippen LogP) is 4.61. The van der Waals surface area contributed by atoms with Gasteiger partial charge in [-0.2, -0.15) is 0 Å². The van der Waals surface area contributed by atoms with Crippen LogP contribution in [0, 0.1) is 18.6 Å². The first-order chi connectivity index (χ1) is 9.52. The van der Waals surface area contributed by atoms with Crippen LogP contribution in [0.3, 0.4) is 0 Å². The van der Waals surface area contributed by atoms with Crippen LogP contribution in [-0.4, -0.2) is 6.54 Å². The van der Waals surface area contributed by atoms with Crippen molar-refractivity contribution in [1.82, 2.24) is 5.32 Å². The largest absolute Gasteiger partial charge is 0.310 e. The average Bonchev–Trinajstić information content (AvgIpc) is 2.43. The summed E-state index contributed by atoms with van der Waals surface area (Å²) in [5, 5.41) is 3.28. The maximum atomic E-state index is 14.0. The van der Waals surface area contributed by atoms with Crippen LogP contribution in [0.1, 0.15) is 31.0 Å². The summed E-state index contributed by atoms with van der Waals surface area (Å²) in [6, 6.07) is 9.92. The van der Waals surface area contributed by atoms with E-state index in [0.717, 1.165) is 12.1 Å². The van der Waals surface area contributed by atoms with E-state index in [1.165, 1.54) is 12.1 Å². The summed E-state index contributed by atoms with van der Waals surface area (Å²) in [5.74, 6) is -0.646. The first-order valence-electron chi connectivity index (χ1n) is 6.82. The number of rotatable bonds is 4. The molecule has 1 unspecified atom stereocenters. The van der Waals surface area contributed by atoms with Gasteiger partial charge in [-0.3, -0.25) is 0 Å². The summed E-state index contributed by atoms with van der Waals surface area (Å²) in [5.41, 5.74) is 2.55. The highest BCUT2D eigenvalue weighted by Crippen LogP contribution is 2.27. The molecule has 0 bridgehead atoms. The zero-order valence-corrected chi connectivity index (χ0v) is 12.0. The molecule has 2 rings (SSSR count). The third kappa shape index (κ3) is 3.05. The molecule has 1 atom stereocenters. The van der Waals surface area contributed by atoms with Crippen molar-refractivity contribution in [3.05, 3.63) is 59.2 Å². The quantitative estimate of drug-likeness (QED) is 0.859. The molecule has 2 aromatic rings. The van der Waals surface area contributed by atoms with Gasteiger partial charge in [-0.25, -0.2) is 8.78 Å². The van der Waals surface area contributed by atoms with Crippen LogP contribution in [0.15, 0.2) is 36.4 Å². The second-order valence-corrected chi connectivity index (χ2v) is 4.98. The normalized spacial score (nSPS) is 12.4. The van der Waals surface area contributed by atoms with Crippen molar-refractivity contribution in [3.63, 3.8) is 0 Å². The van der Waals surface area contributed by atoms with E-state index in [2.05, 4.69) is 5.32 Å². The van der Waals surface area contributed by atoms with E-state index in [1.54, 1.807) is 31.2 Å². The molecule has 0 amide bonds. The maximum Gasteiger partial charge on any atom is 0.131 e. The number of nitrogens with one attached hydrogen (secondary N) is 1. The van der Waals surface area contributed by atoms with Crippen molar-refractivity contribution in [3.8, 4) is 11.1 Å². The molecule has 1 N–H and O–H groups in total. The summed E-state index contributed by atoms with van der Waals surface area (Å²) in [7, 11) is 0. The molecule has 20 heavy (non-hydrogen) atoms. The van der Waals surface area contributed by atoms with Crippen LogP contribution in [0.2, 0.25) is 0 Å². The highest BCUT2D eigenvalue weighted by molar-refractivity contribution is 5.65. The Labute approximate surface area is 118 Å². The van der Waals surface area contributed by atoms with Crippen LogP contribution in [0.5, 0.6) is 0 Å². The van der Waals surface area contributed by atoms with Gasteiger partial charge in [0.15, 0.2) is 0 Å². The number of benzene rings is 2. The van der Waals surface area contributed by atoms with Gasteiger partial charge in [0.25, 0.3) is 0 Å². The van der Waals surface area contributed by atoms with E-state index in [9.17, 15) is 8.78 Å². The second kappa shape index (κ2) is 6.14. The van der Waals surface area contributed by atoms with Gasteiger partial charge in [-0.15, -0.1) is 0 Å². The molecule has 0 heterocycles. The SMILES string of the molecule is CCNC(C)c1ccc(F)c(-c2ccc(C)c(F)c2)c1. The van der Waals surface area contributed by atoms with Gasteiger partial charge in [0.2, 0.25) is 0 Å². The van der Waals surface area contributed by atoms with Crippen molar-refractivity contribution in [1.29, 1.82) is 0 Å². The first-order valence-corrected chi connectivity index (χ1v) is 6.82. The van der Waals surface area contributed by atoms with E-state index >= 15 is 0 Å². The zero-order chi connectivity index (χ0) is 14.7. The zero-order valence-electron chi connectivity index (χ0n) is 12.0. The van der Waals surface area contributed by atoms with E-state index in [0.29, 0.717) is 16.7 Å². The summed E-state index contributed by atoms with van der Waals surface area (Å²) < 4.78 is 27.6. The molecule has 0 aliphatic heterocycles. The molecule has 1 nitrogen and oxygen atoms in total. The van der Waals surface area contributed by atoms with Crippen LogP contribution >= 0.6 is 0 Å². The lowest BCUT2D eigenvalue weighted by Gasteiger charge is -2.15. The Morgan fingerprint density at radius 1 is 1.05 bits per heavy atom. The molecule has 0 saturated heterocycles. The third-order valence-electron chi connectivity index (χ3n) is 3.48. The van der Waals surface area contributed by atoms with Crippen molar-refractivity contribution >= 4 is 0 Å². The monoisotopic (exact) mass is 275 g/mol. The Morgan fingerprint density at radius 2 is 1.80 bits per heavy atom. The molecule has 0 aliphatic carbocycles. The first kappa shape index (κ1) is 14.7. The Morgan fingerprint density at radius 3 is 2.45 bits per heavy atom. The van der Waals surface area contributed by atoms with E-state index < -0.39 is 0 Å². The Bertz CT molecular complexity index is 608. The minimum Gasteiger partial charge on any atom is -0.310 e. The van der Waals surface area contributed by atoms with Gasteiger partial charge in [-0.05, 0) is 55.3 Å². The topological polar surface area (TPSA) is 12.0 Å². The number of aryl methyl sites for hydroxylation is 1. The fourth-order valence-corrected chi connectivity index (χ4v) is 2.22. The molecular formula is C17H19F2N. The highest BCUT2D eigenvalue weighted by atomic mass is 19.1. The summed E-state index contributed by atoms with van der Waals surface area (Å²) in [6.07, 6.45) is 0. The molecular weight excluding hydrogens is 256 g/mol. The van der Waals surface area contributed by atoms with Gasteiger partial charge >= 0.3 is 0 Å². The Kier molecular flexibility index (Phi) is 4.50. The molecule has 2 aromatic carbocycles. The van der Waals surface area contributed by atoms with Crippen LogP contribution in [0.25, 0.3) is 11.1 Å². The fraction of sp³-hybridized carbons (Fsp3) is 0.294. The molecule has 3 heteroatoms. The van der Waals surface area contributed by atoms with Gasteiger partial charge in [0.05, 0.1) is 0 Å². The van der Waals surface area contributed by atoms with E-state index in [1.807, 2.05) is 13.8 Å². The van der Waals surface area contributed by atoms with Gasteiger partial charge in [0, 0.05) is 11.6 Å². The minimum absolute atomic E-state index is 0.134. The number of hydrogen-bond donors (Lipinski definition) is 1. The lowest BCUT2D eigenvalue weighted by Crippen LogP contribution is -2.17. The van der Waals surface area contributed by atoms with Crippen LogP contribution < -0.4 is 5.32 Å². The lowest BCUT2D eigenvalue weighted by atomic mass is 9.98. The van der Waals surface area contributed by atoms with Crippen molar-refractivity contribution in [2.24, 2.45) is 0 Å². The van der Waals surface area contributed by atoms with Crippen LogP contribution in [0.4, 0.5) is 8.78 Å². The third-order valence-corrected chi connectivity index (χ3v) is 3.48. The number of hydrogen-bond acceptors (Lipinski definition) is 1. The standard InChI is InChI=1S/C17H19F2N/c1-4-20-12(3)13-7-8-16(18)15(9-13)14-6-5-11(2)17(19)10-14/h5-10,12,20H,4H2,1-3H3. The Balaban J connectivity index is 2.44. The van der Waals surface area contributed by atoms with E-state index in [4.69, 9.17) is 0 Å². The van der Waals surface area contributed by atoms with Crippen molar-refractivity contribution in [2.45, 2.75) is 26.8 Å². The lowest BCUT2D eigenvalue weighted by molar-refractivity contribution is 0.592. The summed E-state index contributed by atoms with van der Waals surface area (Å²) in [4.78, 5) is 0. The Hall–Kier alpha value is -1.74. The summed E-state index contributed by atoms with van der Waals surface area (Å²) >= 11 is 0. The van der Waals surface area contributed by atoms with E-state index in [-0.39, 0.29) is 17.7 Å². The fourth-order valence-electron chi connectivity index (χ4n) is 2.22. The van der Waals surface area contributed by atoms with Gasteiger partial charge in [0.1, 0.15) is 11.6 Å². The highest BCUT2D eigenvalue weighted by Gasteiger charge is 2.11. The molecule has 0 saturated carbocycles. The van der Waals surface area contributed by atoms with Gasteiger partial charge in [-0.1, -0.05) is 25.1 Å². The molecule has 106 valence electrons. The smallest absolute Gasteiger partial charge is 0.131 e. The molecule has 0 fully saturated rings. The summed E-state index contributed by atoms with van der Waals surface area (Å²) in [6.45, 7) is 6.58. The van der Waals surface area contributed by atoms with Crippen molar-refractivity contribution in [2.75, 3.05) is 6.54 Å². The predicted molar refractivity (Wildman–Crippen MR) is 78.6 cm³/mol.